The second-order valence-corrected chi connectivity index (χ2v) is 4.79. The van der Waals surface area contributed by atoms with Gasteiger partial charge in [-0.25, -0.2) is 4.98 Å². The molecule has 0 aromatic carbocycles. The summed E-state index contributed by atoms with van der Waals surface area (Å²) in [7, 11) is 3.82. The van der Waals surface area contributed by atoms with Gasteiger partial charge in [-0.2, -0.15) is 0 Å². The smallest absolute Gasteiger partial charge is 0.128 e. The van der Waals surface area contributed by atoms with Gasteiger partial charge in [0.05, 0.1) is 6.61 Å². The molecule has 4 nitrogen and oxygen atoms in total. The highest BCUT2D eigenvalue weighted by Gasteiger charge is 2.13. The molecule has 0 saturated carbocycles. The van der Waals surface area contributed by atoms with Gasteiger partial charge in [0.25, 0.3) is 0 Å². The Labute approximate surface area is 109 Å². The van der Waals surface area contributed by atoms with Crippen LogP contribution in [0.25, 0.3) is 0 Å². The molecule has 2 rings (SSSR count). The van der Waals surface area contributed by atoms with Crippen LogP contribution < -0.4 is 10.2 Å². The van der Waals surface area contributed by atoms with Crippen molar-refractivity contribution >= 4 is 5.82 Å². The highest BCUT2D eigenvalue weighted by atomic mass is 16.5. The molecule has 0 amide bonds. The predicted octanol–water partition coefficient (Wildman–Crippen LogP) is 1.24. The lowest BCUT2D eigenvalue weighted by molar-refractivity contribution is 0.200. The number of nitrogens with zero attached hydrogens (tertiary/aromatic N) is 2. The van der Waals surface area contributed by atoms with Crippen molar-refractivity contribution in [3.8, 4) is 0 Å². The summed E-state index contributed by atoms with van der Waals surface area (Å²) < 4.78 is 5.00. The number of pyridine rings is 1. The zero-order valence-corrected chi connectivity index (χ0v) is 11.4. The van der Waals surface area contributed by atoms with E-state index >= 15 is 0 Å². The number of hydrogen-bond donors (Lipinski definition) is 1. The van der Waals surface area contributed by atoms with Gasteiger partial charge in [0.15, 0.2) is 0 Å². The van der Waals surface area contributed by atoms with Crippen molar-refractivity contribution in [2.24, 2.45) is 0 Å². The summed E-state index contributed by atoms with van der Waals surface area (Å²) in [6.07, 6.45) is 3.60. The van der Waals surface area contributed by atoms with Crippen LogP contribution in [0.1, 0.15) is 17.7 Å². The van der Waals surface area contributed by atoms with Crippen LogP contribution in [0.5, 0.6) is 0 Å². The number of fused-ring (bicyclic) bond motifs is 1. The first kappa shape index (κ1) is 13.3. The fraction of sp³-hybridized carbons (Fsp3) is 0.643. The Hall–Kier alpha value is -1.13. The molecule has 0 fully saturated rings. The molecule has 1 aromatic heterocycles. The third-order valence-electron chi connectivity index (χ3n) is 3.41. The van der Waals surface area contributed by atoms with Crippen molar-refractivity contribution in [3.05, 3.63) is 23.4 Å². The van der Waals surface area contributed by atoms with Crippen molar-refractivity contribution < 1.29 is 4.74 Å². The Morgan fingerprint density at radius 1 is 1.33 bits per heavy atom. The topological polar surface area (TPSA) is 37.4 Å². The molecule has 0 radical (unpaired) electrons. The Balaban J connectivity index is 1.80. The average molecular weight is 249 g/mol. The standard InChI is InChI=1S/C14H23N3O/c1-17(10-8-15-9-11-18-2)14-7-6-12-4-3-5-13(12)16-14/h6-7,15H,3-5,8-11H2,1-2H3. The molecule has 0 aliphatic heterocycles. The number of anilines is 1. The van der Waals surface area contributed by atoms with E-state index in [-0.39, 0.29) is 0 Å². The van der Waals surface area contributed by atoms with Crippen molar-refractivity contribution in [3.63, 3.8) is 0 Å². The number of nitrogens with one attached hydrogen (secondary N) is 1. The van der Waals surface area contributed by atoms with Crippen LogP contribution in [0.15, 0.2) is 12.1 Å². The van der Waals surface area contributed by atoms with Crippen LogP contribution in [0, 0.1) is 0 Å². The van der Waals surface area contributed by atoms with E-state index in [0.29, 0.717) is 0 Å². The van der Waals surface area contributed by atoms with Crippen molar-refractivity contribution in [1.29, 1.82) is 0 Å². The number of ether oxygens (including phenoxy) is 1. The molecule has 0 spiro atoms. The quantitative estimate of drug-likeness (QED) is 0.738. The number of rotatable bonds is 7. The fourth-order valence-corrected chi connectivity index (χ4v) is 2.28. The van der Waals surface area contributed by atoms with E-state index in [1.165, 1.54) is 24.1 Å². The Bertz CT molecular complexity index is 381. The predicted molar refractivity (Wildman–Crippen MR) is 74.3 cm³/mol. The summed E-state index contributed by atoms with van der Waals surface area (Å²) in [5, 5.41) is 3.34. The number of likely N-dealkylation sites (N-methyl/N-ethyl adjacent to an activating group) is 1. The van der Waals surface area contributed by atoms with E-state index in [1.807, 2.05) is 0 Å². The minimum absolute atomic E-state index is 0.765. The zero-order chi connectivity index (χ0) is 12.8. The maximum absolute atomic E-state index is 5.00. The summed E-state index contributed by atoms with van der Waals surface area (Å²) in [5.74, 6) is 1.09. The maximum atomic E-state index is 5.00. The highest BCUT2D eigenvalue weighted by Crippen LogP contribution is 2.22. The largest absolute Gasteiger partial charge is 0.383 e. The van der Waals surface area contributed by atoms with Gasteiger partial charge in [-0.15, -0.1) is 0 Å². The third kappa shape index (κ3) is 3.43. The molecule has 1 aliphatic carbocycles. The van der Waals surface area contributed by atoms with Gasteiger partial charge < -0.3 is 15.0 Å². The lowest BCUT2D eigenvalue weighted by Crippen LogP contribution is -2.31. The molecule has 1 heterocycles. The first-order valence-electron chi connectivity index (χ1n) is 6.71. The van der Waals surface area contributed by atoms with Gasteiger partial charge in [0, 0.05) is 39.5 Å². The van der Waals surface area contributed by atoms with Gasteiger partial charge in [0.2, 0.25) is 0 Å². The molecular formula is C14H23N3O. The van der Waals surface area contributed by atoms with E-state index in [9.17, 15) is 0 Å². The zero-order valence-electron chi connectivity index (χ0n) is 11.4. The molecule has 0 atom stereocenters. The van der Waals surface area contributed by atoms with Crippen LogP contribution in [-0.4, -0.2) is 45.4 Å². The maximum Gasteiger partial charge on any atom is 0.128 e. The molecule has 1 N–H and O–H groups in total. The van der Waals surface area contributed by atoms with Gasteiger partial charge in [0.1, 0.15) is 5.82 Å². The molecule has 0 unspecified atom stereocenters. The van der Waals surface area contributed by atoms with Crippen LogP contribution in [-0.2, 0) is 17.6 Å². The molecule has 1 aliphatic rings. The number of methoxy groups -OCH3 is 1. The van der Waals surface area contributed by atoms with Crippen LogP contribution in [0.3, 0.4) is 0 Å². The lowest BCUT2D eigenvalue weighted by Gasteiger charge is -2.19. The van der Waals surface area contributed by atoms with E-state index in [1.54, 1.807) is 7.11 Å². The fourth-order valence-electron chi connectivity index (χ4n) is 2.28. The van der Waals surface area contributed by atoms with Crippen molar-refractivity contribution in [2.45, 2.75) is 19.3 Å². The normalized spacial score (nSPS) is 13.7. The summed E-state index contributed by atoms with van der Waals surface area (Å²) in [6.45, 7) is 3.59. The first-order chi connectivity index (χ1) is 8.81. The second kappa shape index (κ2) is 6.71. The van der Waals surface area contributed by atoms with Gasteiger partial charge in [-0.05, 0) is 30.9 Å². The SMILES string of the molecule is COCCNCCN(C)c1ccc2c(n1)CCC2. The van der Waals surface area contributed by atoms with E-state index < -0.39 is 0 Å². The van der Waals surface area contributed by atoms with Crippen LogP contribution in [0.4, 0.5) is 5.82 Å². The second-order valence-electron chi connectivity index (χ2n) is 4.79. The molecule has 0 saturated heterocycles. The number of hydrogen-bond acceptors (Lipinski definition) is 4. The van der Waals surface area contributed by atoms with Gasteiger partial charge in [-0.3, -0.25) is 0 Å². The van der Waals surface area contributed by atoms with E-state index in [4.69, 9.17) is 9.72 Å². The van der Waals surface area contributed by atoms with Crippen LogP contribution >= 0.6 is 0 Å². The van der Waals surface area contributed by atoms with Gasteiger partial charge in [-0.1, -0.05) is 6.07 Å². The first-order valence-corrected chi connectivity index (χ1v) is 6.71. The van der Waals surface area contributed by atoms with Crippen LogP contribution in [0.2, 0.25) is 0 Å². The van der Waals surface area contributed by atoms with Crippen molar-refractivity contribution in [2.75, 3.05) is 45.3 Å². The van der Waals surface area contributed by atoms with Gasteiger partial charge >= 0.3 is 0 Å². The molecule has 18 heavy (non-hydrogen) atoms. The molecular weight excluding hydrogens is 226 g/mol. The molecule has 0 bridgehead atoms. The van der Waals surface area contributed by atoms with E-state index in [2.05, 4.69) is 29.4 Å². The molecule has 100 valence electrons. The summed E-state index contributed by atoms with van der Waals surface area (Å²) >= 11 is 0. The summed E-state index contributed by atoms with van der Waals surface area (Å²) in [6, 6.07) is 4.37. The van der Waals surface area contributed by atoms with E-state index in [0.717, 1.165) is 38.5 Å². The molecule has 1 aromatic rings. The number of aromatic nitrogens is 1. The number of aryl methyl sites for hydroxylation is 2. The minimum atomic E-state index is 0.765. The van der Waals surface area contributed by atoms with Crippen molar-refractivity contribution in [1.82, 2.24) is 10.3 Å². The Morgan fingerprint density at radius 3 is 3.06 bits per heavy atom. The Morgan fingerprint density at radius 2 is 2.22 bits per heavy atom. The summed E-state index contributed by atoms with van der Waals surface area (Å²) in [4.78, 5) is 6.95. The highest BCUT2D eigenvalue weighted by molar-refractivity contribution is 5.42. The average Bonchev–Trinajstić information content (AvgIpc) is 2.85. The third-order valence-corrected chi connectivity index (χ3v) is 3.41. The summed E-state index contributed by atoms with van der Waals surface area (Å²) in [5.41, 5.74) is 2.73. The Kier molecular flexibility index (Phi) is 4.96. The monoisotopic (exact) mass is 249 g/mol. The molecule has 4 heteroatoms. The lowest BCUT2D eigenvalue weighted by atomic mass is 10.2. The minimum Gasteiger partial charge on any atom is -0.383 e.